The average Bonchev–Trinajstić information content (AvgIpc) is 3.27. The van der Waals surface area contributed by atoms with Gasteiger partial charge < -0.3 is 15.3 Å². The van der Waals surface area contributed by atoms with Crippen LogP contribution in [0.1, 0.15) is 37.3 Å². The Balaban J connectivity index is 1.63. The van der Waals surface area contributed by atoms with Gasteiger partial charge in [0.2, 0.25) is 0 Å². The molecule has 1 atom stereocenters. The Bertz CT molecular complexity index is 731. The lowest BCUT2D eigenvalue weighted by atomic mass is 9.90. The fraction of sp³-hybridized carbons (Fsp3) is 0.556. The third kappa shape index (κ3) is 3.50. The summed E-state index contributed by atoms with van der Waals surface area (Å²) in [6.07, 6.45) is -2.59. The van der Waals surface area contributed by atoms with Gasteiger partial charge in [-0.1, -0.05) is 18.2 Å². The molecule has 1 aliphatic carbocycles. The summed E-state index contributed by atoms with van der Waals surface area (Å²) >= 11 is 0. The lowest BCUT2D eigenvalue weighted by molar-refractivity contribution is -0.147. The number of halogens is 3. The Kier molecular flexibility index (Phi) is 4.40. The van der Waals surface area contributed by atoms with Gasteiger partial charge in [0.25, 0.3) is 0 Å². The second-order valence-corrected chi connectivity index (χ2v) is 7.55. The number of amides is 2. The minimum atomic E-state index is -4.40. The quantitative estimate of drug-likeness (QED) is 0.855. The van der Waals surface area contributed by atoms with Crippen molar-refractivity contribution in [2.75, 3.05) is 19.6 Å². The molecule has 2 amide bonds. The Hall–Kier alpha value is -2.25. The third-order valence-electron chi connectivity index (χ3n) is 5.51. The molecule has 2 N–H and O–H groups in total. The highest BCUT2D eigenvalue weighted by Gasteiger charge is 2.47. The Morgan fingerprint density at radius 2 is 1.96 bits per heavy atom. The first kappa shape index (κ1) is 18.5. The molecular formula is C18H21F3N2O3. The molecule has 1 aromatic rings. The first-order valence-electron chi connectivity index (χ1n) is 8.50. The van der Waals surface area contributed by atoms with Gasteiger partial charge in [-0.3, -0.25) is 4.79 Å². The van der Waals surface area contributed by atoms with Gasteiger partial charge in [0.1, 0.15) is 0 Å². The van der Waals surface area contributed by atoms with Crippen molar-refractivity contribution >= 4 is 12.0 Å². The molecular weight excluding hydrogens is 349 g/mol. The van der Waals surface area contributed by atoms with E-state index < -0.39 is 28.5 Å². The first-order valence-corrected chi connectivity index (χ1v) is 8.50. The van der Waals surface area contributed by atoms with E-state index in [0.29, 0.717) is 31.4 Å². The molecule has 1 heterocycles. The highest BCUT2D eigenvalue weighted by atomic mass is 19.4. The maximum atomic E-state index is 12.9. The van der Waals surface area contributed by atoms with E-state index in [1.807, 2.05) is 0 Å². The number of nitrogens with zero attached hydrogens (tertiary/aromatic N) is 1. The van der Waals surface area contributed by atoms with Crippen molar-refractivity contribution in [2.24, 2.45) is 5.41 Å². The maximum Gasteiger partial charge on any atom is 0.416 e. The van der Waals surface area contributed by atoms with E-state index in [1.54, 1.807) is 13.0 Å². The number of carboxylic acids is 1. The zero-order chi connectivity index (χ0) is 19.2. The van der Waals surface area contributed by atoms with Crippen LogP contribution < -0.4 is 5.32 Å². The smallest absolute Gasteiger partial charge is 0.416 e. The lowest BCUT2D eigenvalue weighted by Crippen LogP contribution is -2.43. The predicted octanol–water partition coefficient (Wildman–Crippen LogP) is 3.24. The molecule has 5 nitrogen and oxygen atoms in total. The van der Waals surface area contributed by atoms with Crippen molar-refractivity contribution in [1.29, 1.82) is 0 Å². The predicted molar refractivity (Wildman–Crippen MR) is 87.7 cm³/mol. The van der Waals surface area contributed by atoms with E-state index in [2.05, 4.69) is 5.32 Å². The summed E-state index contributed by atoms with van der Waals surface area (Å²) in [7, 11) is 0. The van der Waals surface area contributed by atoms with Crippen molar-refractivity contribution in [3.05, 3.63) is 35.4 Å². The molecule has 2 aliphatic rings. The summed E-state index contributed by atoms with van der Waals surface area (Å²) in [4.78, 5) is 25.1. The van der Waals surface area contributed by atoms with Crippen molar-refractivity contribution in [1.82, 2.24) is 10.2 Å². The number of hydrogen-bond donors (Lipinski definition) is 2. The van der Waals surface area contributed by atoms with Crippen LogP contribution in [0.25, 0.3) is 0 Å². The number of benzene rings is 1. The van der Waals surface area contributed by atoms with Crippen LogP contribution in [0.3, 0.4) is 0 Å². The van der Waals surface area contributed by atoms with E-state index >= 15 is 0 Å². The average molecular weight is 370 g/mol. The third-order valence-corrected chi connectivity index (χ3v) is 5.51. The molecule has 1 saturated carbocycles. The number of rotatable bonds is 4. The number of carbonyl (C=O) groups excluding carboxylic acids is 1. The Morgan fingerprint density at radius 3 is 2.50 bits per heavy atom. The van der Waals surface area contributed by atoms with Crippen molar-refractivity contribution in [3.8, 4) is 0 Å². The molecule has 142 valence electrons. The van der Waals surface area contributed by atoms with Gasteiger partial charge in [0.05, 0.1) is 11.0 Å². The summed E-state index contributed by atoms with van der Waals surface area (Å²) in [6.45, 7) is 2.33. The van der Waals surface area contributed by atoms with E-state index in [4.69, 9.17) is 0 Å². The van der Waals surface area contributed by atoms with Gasteiger partial charge in [-0.25, -0.2) is 4.79 Å². The maximum absolute atomic E-state index is 12.9. The number of likely N-dealkylation sites (tertiary alicyclic amines) is 1. The number of nitrogens with one attached hydrogen (secondary N) is 1. The van der Waals surface area contributed by atoms with E-state index in [1.165, 1.54) is 11.0 Å². The molecule has 1 aromatic carbocycles. The standard InChI is InChI=1S/C18H21F3N2O3/c1-16(14(24)25)7-8-23(11-16)15(26)22-10-17(5-6-17)12-3-2-4-13(9-12)18(19,20)21/h2-4,9H,5-8,10-11H2,1H3,(H,22,26)(H,24,25). The molecule has 0 spiro atoms. The fourth-order valence-electron chi connectivity index (χ4n) is 3.41. The second-order valence-electron chi connectivity index (χ2n) is 7.55. The van der Waals surface area contributed by atoms with Crippen molar-refractivity contribution in [2.45, 2.75) is 37.8 Å². The van der Waals surface area contributed by atoms with Crippen LogP contribution in [0.5, 0.6) is 0 Å². The molecule has 2 fully saturated rings. The van der Waals surface area contributed by atoms with Gasteiger partial charge in [-0.15, -0.1) is 0 Å². The van der Waals surface area contributed by atoms with Crippen LogP contribution in [0.4, 0.5) is 18.0 Å². The lowest BCUT2D eigenvalue weighted by Gasteiger charge is -2.23. The molecule has 26 heavy (non-hydrogen) atoms. The highest BCUT2D eigenvalue weighted by molar-refractivity contribution is 5.79. The highest BCUT2D eigenvalue weighted by Crippen LogP contribution is 2.48. The zero-order valence-electron chi connectivity index (χ0n) is 14.4. The van der Waals surface area contributed by atoms with Gasteiger partial charge >= 0.3 is 18.2 Å². The molecule has 1 aliphatic heterocycles. The largest absolute Gasteiger partial charge is 0.481 e. The van der Waals surface area contributed by atoms with Crippen LogP contribution in [0.2, 0.25) is 0 Å². The monoisotopic (exact) mass is 370 g/mol. The molecule has 3 rings (SSSR count). The molecule has 1 saturated heterocycles. The zero-order valence-corrected chi connectivity index (χ0v) is 14.4. The van der Waals surface area contributed by atoms with Crippen molar-refractivity contribution in [3.63, 3.8) is 0 Å². The molecule has 0 aromatic heterocycles. The summed E-state index contributed by atoms with van der Waals surface area (Å²) in [5, 5.41) is 12.0. The van der Waals surface area contributed by atoms with Crippen molar-refractivity contribution < 1.29 is 27.9 Å². The topological polar surface area (TPSA) is 69.6 Å². The molecule has 0 radical (unpaired) electrons. The summed E-state index contributed by atoms with van der Waals surface area (Å²) in [5.41, 5.74) is -1.53. The van der Waals surface area contributed by atoms with Crippen LogP contribution in [0, 0.1) is 5.41 Å². The SMILES string of the molecule is CC1(C(=O)O)CCN(C(=O)NCC2(c3cccc(C(F)(F)F)c3)CC2)C1. The minimum Gasteiger partial charge on any atom is -0.481 e. The van der Waals surface area contributed by atoms with Crippen LogP contribution in [-0.2, 0) is 16.4 Å². The summed E-state index contributed by atoms with van der Waals surface area (Å²) < 4.78 is 38.7. The minimum absolute atomic E-state index is 0.130. The molecule has 8 heteroatoms. The second kappa shape index (κ2) is 6.17. The molecule has 1 unspecified atom stereocenters. The van der Waals surface area contributed by atoms with Gasteiger partial charge in [0.15, 0.2) is 0 Å². The van der Waals surface area contributed by atoms with E-state index in [9.17, 15) is 27.9 Å². The first-order chi connectivity index (χ1) is 12.1. The number of carboxylic acid groups (broad SMARTS) is 1. The fourth-order valence-corrected chi connectivity index (χ4v) is 3.41. The Morgan fingerprint density at radius 1 is 1.27 bits per heavy atom. The summed E-state index contributed by atoms with van der Waals surface area (Å²) in [6, 6.07) is 4.86. The van der Waals surface area contributed by atoms with E-state index in [-0.39, 0.29) is 19.1 Å². The normalized spacial score (nSPS) is 24.4. The number of carbonyl (C=O) groups is 2. The number of hydrogen-bond acceptors (Lipinski definition) is 2. The number of alkyl halides is 3. The van der Waals surface area contributed by atoms with Gasteiger partial charge in [-0.05, 0) is 37.8 Å². The van der Waals surface area contributed by atoms with E-state index in [0.717, 1.165) is 12.1 Å². The Labute approximate surface area is 149 Å². The molecule has 0 bridgehead atoms. The van der Waals surface area contributed by atoms with Gasteiger partial charge in [-0.2, -0.15) is 13.2 Å². The van der Waals surface area contributed by atoms with Crippen LogP contribution in [0.15, 0.2) is 24.3 Å². The number of aliphatic carboxylic acids is 1. The van der Waals surface area contributed by atoms with Gasteiger partial charge in [0, 0.05) is 25.0 Å². The number of urea groups is 1. The summed E-state index contributed by atoms with van der Waals surface area (Å²) in [5.74, 6) is -0.935. The van der Waals surface area contributed by atoms with Crippen LogP contribution >= 0.6 is 0 Å². The van der Waals surface area contributed by atoms with Crippen LogP contribution in [-0.4, -0.2) is 41.6 Å².